The standard InChI is InChI=1S/C13H22N2O/c1-10(2)15-8-4-5-11-6-7-13(16-3)12(14)9-11/h6-7,9-10,15H,4-5,8,14H2,1-3H3. The van der Waals surface area contributed by atoms with E-state index in [0.29, 0.717) is 6.04 Å². The SMILES string of the molecule is COc1ccc(CCCNC(C)C)cc1N. The van der Waals surface area contributed by atoms with E-state index < -0.39 is 0 Å². The van der Waals surface area contributed by atoms with Crippen LogP contribution in [0, 0.1) is 0 Å². The van der Waals surface area contributed by atoms with Gasteiger partial charge in [0.05, 0.1) is 12.8 Å². The summed E-state index contributed by atoms with van der Waals surface area (Å²) in [5.41, 5.74) is 7.83. The smallest absolute Gasteiger partial charge is 0.141 e. The summed E-state index contributed by atoms with van der Waals surface area (Å²) in [6, 6.07) is 6.56. The molecule has 0 amide bonds. The van der Waals surface area contributed by atoms with E-state index >= 15 is 0 Å². The number of methoxy groups -OCH3 is 1. The topological polar surface area (TPSA) is 47.3 Å². The minimum absolute atomic E-state index is 0.556. The van der Waals surface area contributed by atoms with Crippen molar-refractivity contribution in [1.29, 1.82) is 0 Å². The minimum Gasteiger partial charge on any atom is -0.495 e. The highest BCUT2D eigenvalue weighted by Gasteiger charge is 2.00. The van der Waals surface area contributed by atoms with Crippen LogP contribution in [-0.4, -0.2) is 19.7 Å². The Morgan fingerprint density at radius 2 is 2.12 bits per heavy atom. The fourth-order valence-electron chi connectivity index (χ4n) is 1.62. The number of benzene rings is 1. The first-order valence-corrected chi connectivity index (χ1v) is 5.79. The molecule has 0 aromatic heterocycles. The molecule has 0 unspecified atom stereocenters. The first-order valence-electron chi connectivity index (χ1n) is 5.79. The van der Waals surface area contributed by atoms with Gasteiger partial charge in [0.15, 0.2) is 0 Å². The number of nitrogen functional groups attached to an aromatic ring is 1. The second kappa shape index (κ2) is 6.38. The summed E-state index contributed by atoms with van der Waals surface area (Å²) in [5.74, 6) is 0.754. The van der Waals surface area contributed by atoms with Gasteiger partial charge >= 0.3 is 0 Å². The lowest BCUT2D eigenvalue weighted by molar-refractivity contribution is 0.417. The van der Waals surface area contributed by atoms with Crippen LogP contribution in [0.2, 0.25) is 0 Å². The van der Waals surface area contributed by atoms with Crippen LogP contribution in [0.1, 0.15) is 25.8 Å². The molecule has 0 heterocycles. The molecule has 90 valence electrons. The predicted molar refractivity (Wildman–Crippen MR) is 68.9 cm³/mol. The third-order valence-electron chi connectivity index (χ3n) is 2.49. The molecule has 3 heteroatoms. The van der Waals surface area contributed by atoms with Gasteiger partial charge in [-0.2, -0.15) is 0 Å². The molecule has 0 spiro atoms. The van der Waals surface area contributed by atoms with Crippen molar-refractivity contribution in [3.8, 4) is 5.75 Å². The maximum Gasteiger partial charge on any atom is 0.141 e. The number of ether oxygens (including phenoxy) is 1. The van der Waals surface area contributed by atoms with Crippen molar-refractivity contribution in [3.63, 3.8) is 0 Å². The third-order valence-corrected chi connectivity index (χ3v) is 2.49. The fraction of sp³-hybridized carbons (Fsp3) is 0.538. The van der Waals surface area contributed by atoms with Crippen LogP contribution < -0.4 is 15.8 Å². The van der Waals surface area contributed by atoms with Gasteiger partial charge in [-0.1, -0.05) is 19.9 Å². The molecule has 1 aromatic rings. The van der Waals surface area contributed by atoms with Crippen molar-refractivity contribution in [3.05, 3.63) is 23.8 Å². The van der Waals surface area contributed by atoms with Crippen LogP contribution in [0.25, 0.3) is 0 Å². The summed E-state index contributed by atoms with van der Waals surface area (Å²) in [7, 11) is 1.64. The highest BCUT2D eigenvalue weighted by atomic mass is 16.5. The normalized spacial score (nSPS) is 10.8. The zero-order valence-electron chi connectivity index (χ0n) is 10.4. The Kier molecular flexibility index (Phi) is 5.12. The van der Waals surface area contributed by atoms with Crippen LogP contribution in [0.15, 0.2) is 18.2 Å². The van der Waals surface area contributed by atoms with Gasteiger partial charge in [0.2, 0.25) is 0 Å². The van der Waals surface area contributed by atoms with E-state index in [-0.39, 0.29) is 0 Å². The summed E-state index contributed by atoms with van der Waals surface area (Å²) in [6.07, 6.45) is 2.18. The zero-order valence-corrected chi connectivity index (χ0v) is 10.4. The van der Waals surface area contributed by atoms with Crippen molar-refractivity contribution in [2.45, 2.75) is 32.7 Å². The molecule has 1 rings (SSSR count). The molecule has 1 aromatic carbocycles. The Labute approximate surface area is 98.0 Å². The maximum absolute atomic E-state index is 5.84. The predicted octanol–water partition coefficient (Wildman–Crippen LogP) is 2.21. The quantitative estimate of drug-likeness (QED) is 0.573. The summed E-state index contributed by atoms with van der Waals surface area (Å²) in [5, 5.41) is 3.40. The molecular weight excluding hydrogens is 200 g/mol. The molecule has 0 aliphatic heterocycles. The summed E-state index contributed by atoms with van der Waals surface area (Å²) < 4.78 is 5.12. The van der Waals surface area contributed by atoms with Gasteiger partial charge in [0.25, 0.3) is 0 Å². The highest BCUT2D eigenvalue weighted by molar-refractivity contribution is 5.54. The van der Waals surface area contributed by atoms with E-state index in [9.17, 15) is 0 Å². The highest BCUT2D eigenvalue weighted by Crippen LogP contribution is 2.22. The van der Waals surface area contributed by atoms with Crippen molar-refractivity contribution < 1.29 is 4.74 Å². The van der Waals surface area contributed by atoms with E-state index in [1.807, 2.05) is 12.1 Å². The lowest BCUT2D eigenvalue weighted by atomic mass is 10.1. The summed E-state index contributed by atoms with van der Waals surface area (Å²) in [4.78, 5) is 0. The number of anilines is 1. The van der Waals surface area contributed by atoms with E-state index in [4.69, 9.17) is 10.5 Å². The first kappa shape index (κ1) is 12.8. The summed E-state index contributed by atoms with van der Waals surface area (Å²) >= 11 is 0. The van der Waals surface area contributed by atoms with Crippen LogP contribution >= 0.6 is 0 Å². The number of rotatable bonds is 6. The number of nitrogens with two attached hydrogens (primary N) is 1. The molecule has 3 nitrogen and oxygen atoms in total. The molecule has 0 fully saturated rings. The van der Waals surface area contributed by atoms with Crippen LogP contribution in [0.4, 0.5) is 5.69 Å². The second-order valence-corrected chi connectivity index (χ2v) is 4.29. The van der Waals surface area contributed by atoms with Gasteiger partial charge in [0, 0.05) is 6.04 Å². The third kappa shape index (κ3) is 4.11. The maximum atomic E-state index is 5.84. The number of hydrogen-bond donors (Lipinski definition) is 2. The molecule has 0 aliphatic rings. The Balaban J connectivity index is 2.40. The Hall–Kier alpha value is -1.22. The van der Waals surface area contributed by atoms with Gasteiger partial charge in [-0.3, -0.25) is 0 Å². The van der Waals surface area contributed by atoms with E-state index in [1.165, 1.54) is 5.56 Å². The second-order valence-electron chi connectivity index (χ2n) is 4.29. The number of hydrogen-bond acceptors (Lipinski definition) is 3. The first-order chi connectivity index (χ1) is 7.63. The minimum atomic E-state index is 0.556. The molecule has 3 N–H and O–H groups in total. The number of nitrogens with one attached hydrogen (secondary N) is 1. The van der Waals surface area contributed by atoms with Gasteiger partial charge in [-0.05, 0) is 37.1 Å². The average Bonchev–Trinajstić information content (AvgIpc) is 2.24. The molecule has 16 heavy (non-hydrogen) atoms. The summed E-state index contributed by atoms with van der Waals surface area (Å²) in [6.45, 7) is 5.36. The molecular formula is C13H22N2O. The number of aryl methyl sites for hydroxylation is 1. The van der Waals surface area contributed by atoms with Crippen LogP contribution in [0.5, 0.6) is 5.75 Å². The van der Waals surface area contributed by atoms with Crippen LogP contribution in [0.3, 0.4) is 0 Å². The van der Waals surface area contributed by atoms with Gasteiger partial charge in [-0.15, -0.1) is 0 Å². The molecule has 0 radical (unpaired) electrons. The lowest BCUT2D eigenvalue weighted by Crippen LogP contribution is -2.23. The molecule has 0 saturated heterocycles. The molecule has 0 atom stereocenters. The van der Waals surface area contributed by atoms with E-state index in [0.717, 1.165) is 30.8 Å². The van der Waals surface area contributed by atoms with E-state index in [1.54, 1.807) is 7.11 Å². The monoisotopic (exact) mass is 222 g/mol. The van der Waals surface area contributed by atoms with Gasteiger partial charge in [-0.25, -0.2) is 0 Å². The zero-order chi connectivity index (χ0) is 12.0. The van der Waals surface area contributed by atoms with Crippen molar-refractivity contribution in [1.82, 2.24) is 5.32 Å². The molecule has 0 aliphatic carbocycles. The van der Waals surface area contributed by atoms with Gasteiger partial charge < -0.3 is 15.8 Å². The lowest BCUT2D eigenvalue weighted by Gasteiger charge is -2.09. The van der Waals surface area contributed by atoms with Gasteiger partial charge in [0.1, 0.15) is 5.75 Å². The van der Waals surface area contributed by atoms with Crippen molar-refractivity contribution in [2.75, 3.05) is 19.4 Å². The Bertz CT molecular complexity index is 324. The van der Waals surface area contributed by atoms with Crippen molar-refractivity contribution >= 4 is 5.69 Å². The fourth-order valence-corrected chi connectivity index (χ4v) is 1.62. The average molecular weight is 222 g/mol. The Morgan fingerprint density at radius 1 is 1.38 bits per heavy atom. The molecule has 0 bridgehead atoms. The van der Waals surface area contributed by atoms with Crippen LogP contribution in [-0.2, 0) is 6.42 Å². The largest absolute Gasteiger partial charge is 0.495 e. The van der Waals surface area contributed by atoms with E-state index in [2.05, 4.69) is 25.2 Å². The Morgan fingerprint density at radius 3 is 2.69 bits per heavy atom. The van der Waals surface area contributed by atoms with Crippen molar-refractivity contribution in [2.24, 2.45) is 0 Å². The molecule has 0 saturated carbocycles.